The summed E-state index contributed by atoms with van der Waals surface area (Å²) >= 11 is 2.96. The summed E-state index contributed by atoms with van der Waals surface area (Å²) in [6.07, 6.45) is -3.86. The first-order chi connectivity index (χ1) is 9.70. The van der Waals surface area contributed by atoms with Crippen LogP contribution in [0.2, 0.25) is 0 Å². The summed E-state index contributed by atoms with van der Waals surface area (Å²) < 4.78 is 65.7. The molecule has 118 valence electrons. The van der Waals surface area contributed by atoms with Gasteiger partial charge in [0.05, 0.1) is 16.5 Å². The van der Waals surface area contributed by atoms with Crippen molar-refractivity contribution in [2.75, 3.05) is 17.8 Å². The van der Waals surface area contributed by atoms with Crippen LogP contribution >= 0.6 is 15.9 Å². The SMILES string of the molecule is O=S(=O)(Nc1ccc(Br)cc1C(F)(F)F)C1CCNCC1. The maximum absolute atomic E-state index is 13.0. The Labute approximate surface area is 129 Å². The van der Waals surface area contributed by atoms with Crippen molar-refractivity contribution in [1.29, 1.82) is 0 Å². The Bertz CT molecular complexity index is 613. The molecule has 1 aromatic carbocycles. The Morgan fingerprint density at radius 2 is 1.86 bits per heavy atom. The number of alkyl halides is 3. The summed E-state index contributed by atoms with van der Waals surface area (Å²) in [5.41, 5.74) is -1.45. The van der Waals surface area contributed by atoms with Crippen molar-refractivity contribution in [3.8, 4) is 0 Å². The third kappa shape index (κ3) is 4.10. The summed E-state index contributed by atoms with van der Waals surface area (Å²) in [5.74, 6) is 0. The minimum Gasteiger partial charge on any atom is -0.317 e. The van der Waals surface area contributed by atoms with Crippen molar-refractivity contribution in [3.05, 3.63) is 28.2 Å². The molecule has 1 aromatic rings. The number of anilines is 1. The average Bonchev–Trinajstić information content (AvgIpc) is 2.40. The van der Waals surface area contributed by atoms with E-state index in [2.05, 4.69) is 26.0 Å². The van der Waals surface area contributed by atoms with E-state index in [9.17, 15) is 21.6 Å². The zero-order valence-electron chi connectivity index (χ0n) is 10.9. The molecular weight excluding hydrogens is 373 g/mol. The zero-order chi connectivity index (χ0) is 15.7. The molecule has 1 aliphatic heterocycles. The Kier molecular flexibility index (Phi) is 4.84. The lowest BCUT2D eigenvalue weighted by Gasteiger charge is -2.24. The molecular formula is C12H14BrF3N2O2S. The van der Waals surface area contributed by atoms with Gasteiger partial charge < -0.3 is 5.32 Å². The van der Waals surface area contributed by atoms with Crippen LogP contribution in [0, 0.1) is 0 Å². The first-order valence-corrected chi connectivity index (χ1v) is 8.63. The number of rotatable bonds is 3. The van der Waals surface area contributed by atoms with Gasteiger partial charge in [-0.25, -0.2) is 8.42 Å². The maximum Gasteiger partial charge on any atom is 0.418 e. The van der Waals surface area contributed by atoms with Crippen molar-refractivity contribution in [2.45, 2.75) is 24.3 Å². The quantitative estimate of drug-likeness (QED) is 0.839. The summed E-state index contributed by atoms with van der Waals surface area (Å²) in [6.45, 7) is 1.08. The highest BCUT2D eigenvalue weighted by Gasteiger charge is 2.36. The molecule has 0 aromatic heterocycles. The summed E-state index contributed by atoms with van der Waals surface area (Å²) in [7, 11) is -3.84. The van der Waals surface area contributed by atoms with E-state index in [0.717, 1.165) is 12.1 Å². The summed E-state index contributed by atoms with van der Waals surface area (Å²) in [4.78, 5) is 0. The molecule has 0 amide bonds. The van der Waals surface area contributed by atoms with E-state index >= 15 is 0 Å². The van der Waals surface area contributed by atoms with E-state index in [1.165, 1.54) is 6.07 Å². The van der Waals surface area contributed by atoms with Crippen LogP contribution in [0.5, 0.6) is 0 Å². The van der Waals surface area contributed by atoms with E-state index in [-0.39, 0.29) is 4.47 Å². The Balaban J connectivity index is 2.30. The van der Waals surface area contributed by atoms with E-state index < -0.39 is 32.7 Å². The third-order valence-electron chi connectivity index (χ3n) is 3.26. The lowest BCUT2D eigenvalue weighted by atomic mass is 10.2. The van der Waals surface area contributed by atoms with Crippen LogP contribution in [0.1, 0.15) is 18.4 Å². The number of halogens is 4. The molecule has 1 saturated heterocycles. The van der Waals surface area contributed by atoms with Crippen LogP contribution in [0.4, 0.5) is 18.9 Å². The lowest BCUT2D eigenvalue weighted by molar-refractivity contribution is -0.136. The fraction of sp³-hybridized carbons (Fsp3) is 0.500. The number of nitrogens with one attached hydrogen (secondary N) is 2. The summed E-state index contributed by atoms with van der Waals surface area (Å²) in [5, 5.41) is 2.34. The monoisotopic (exact) mass is 386 g/mol. The fourth-order valence-electron chi connectivity index (χ4n) is 2.18. The van der Waals surface area contributed by atoms with Crippen LogP contribution in [0.3, 0.4) is 0 Å². The van der Waals surface area contributed by atoms with Crippen LogP contribution in [0.25, 0.3) is 0 Å². The van der Waals surface area contributed by atoms with Gasteiger partial charge in [-0.3, -0.25) is 4.72 Å². The molecule has 0 spiro atoms. The molecule has 0 saturated carbocycles. The van der Waals surface area contributed by atoms with E-state index in [1.54, 1.807) is 0 Å². The average molecular weight is 387 g/mol. The van der Waals surface area contributed by atoms with Gasteiger partial charge in [0.25, 0.3) is 0 Å². The molecule has 0 aliphatic carbocycles. The van der Waals surface area contributed by atoms with E-state index in [0.29, 0.717) is 25.9 Å². The van der Waals surface area contributed by atoms with Gasteiger partial charge in [-0.1, -0.05) is 15.9 Å². The number of sulfonamides is 1. The molecule has 0 radical (unpaired) electrons. The first-order valence-electron chi connectivity index (χ1n) is 6.29. The number of hydrogen-bond acceptors (Lipinski definition) is 3. The molecule has 1 aliphatic rings. The normalized spacial score (nSPS) is 17.7. The molecule has 0 bridgehead atoms. The highest BCUT2D eigenvalue weighted by molar-refractivity contribution is 9.10. The second-order valence-corrected chi connectivity index (χ2v) is 7.66. The second-order valence-electron chi connectivity index (χ2n) is 4.78. The second kappa shape index (κ2) is 6.13. The molecule has 2 rings (SSSR count). The topological polar surface area (TPSA) is 58.2 Å². The highest BCUT2D eigenvalue weighted by atomic mass is 79.9. The molecule has 0 unspecified atom stereocenters. The van der Waals surface area contributed by atoms with Crippen LogP contribution in [0.15, 0.2) is 22.7 Å². The molecule has 1 fully saturated rings. The van der Waals surface area contributed by atoms with Gasteiger partial charge in [0, 0.05) is 4.47 Å². The van der Waals surface area contributed by atoms with Gasteiger partial charge in [0.2, 0.25) is 10.0 Å². The minimum atomic E-state index is -4.63. The number of piperidine rings is 1. The molecule has 2 N–H and O–H groups in total. The van der Waals surface area contributed by atoms with Gasteiger partial charge in [-0.05, 0) is 44.1 Å². The smallest absolute Gasteiger partial charge is 0.317 e. The van der Waals surface area contributed by atoms with E-state index in [4.69, 9.17) is 0 Å². The third-order valence-corrected chi connectivity index (χ3v) is 5.61. The molecule has 0 atom stereocenters. The standard InChI is InChI=1S/C12H14BrF3N2O2S/c13-8-1-2-11(10(7-8)12(14,15)16)18-21(19,20)9-3-5-17-6-4-9/h1-2,7,9,17-18H,3-6H2. The van der Waals surface area contributed by atoms with Crippen LogP contribution < -0.4 is 10.0 Å². The predicted octanol–water partition coefficient (Wildman–Crippen LogP) is 2.96. The predicted molar refractivity (Wildman–Crippen MR) is 77.6 cm³/mol. The Hall–Kier alpha value is -0.800. The van der Waals surface area contributed by atoms with Gasteiger partial charge in [-0.2, -0.15) is 13.2 Å². The number of hydrogen-bond donors (Lipinski definition) is 2. The molecule has 1 heterocycles. The summed E-state index contributed by atoms with van der Waals surface area (Å²) in [6, 6.07) is 3.35. The van der Waals surface area contributed by atoms with Crippen LogP contribution in [-0.2, 0) is 16.2 Å². The highest BCUT2D eigenvalue weighted by Crippen LogP contribution is 2.37. The molecule has 4 nitrogen and oxygen atoms in total. The maximum atomic E-state index is 13.0. The Morgan fingerprint density at radius 3 is 2.43 bits per heavy atom. The van der Waals surface area contributed by atoms with Gasteiger partial charge in [-0.15, -0.1) is 0 Å². The zero-order valence-corrected chi connectivity index (χ0v) is 13.3. The minimum absolute atomic E-state index is 0.236. The first kappa shape index (κ1) is 16.6. The Morgan fingerprint density at radius 1 is 1.24 bits per heavy atom. The molecule has 9 heteroatoms. The largest absolute Gasteiger partial charge is 0.418 e. The van der Waals surface area contributed by atoms with Gasteiger partial charge in [0.1, 0.15) is 0 Å². The van der Waals surface area contributed by atoms with Crippen molar-refractivity contribution < 1.29 is 21.6 Å². The van der Waals surface area contributed by atoms with Crippen LogP contribution in [-0.4, -0.2) is 26.8 Å². The van der Waals surface area contributed by atoms with Crippen molar-refractivity contribution in [2.24, 2.45) is 0 Å². The number of benzene rings is 1. The van der Waals surface area contributed by atoms with Gasteiger partial charge >= 0.3 is 6.18 Å². The van der Waals surface area contributed by atoms with Gasteiger partial charge in [0.15, 0.2) is 0 Å². The van der Waals surface area contributed by atoms with Crippen molar-refractivity contribution >= 4 is 31.6 Å². The molecule has 21 heavy (non-hydrogen) atoms. The van der Waals surface area contributed by atoms with E-state index in [1.807, 2.05) is 0 Å². The van der Waals surface area contributed by atoms with Crippen molar-refractivity contribution in [1.82, 2.24) is 5.32 Å². The fourth-order valence-corrected chi connectivity index (χ4v) is 4.05. The lowest BCUT2D eigenvalue weighted by Crippen LogP contribution is -2.38. The van der Waals surface area contributed by atoms with Crippen molar-refractivity contribution in [3.63, 3.8) is 0 Å².